The van der Waals surface area contributed by atoms with Crippen LogP contribution in [-0.2, 0) is 20.0 Å². The number of H-pyrrole nitrogens is 1. The topological polar surface area (TPSA) is 236 Å². The molecule has 9 N–H and O–H groups in total. The second-order valence-electron chi connectivity index (χ2n) is 7.41. The lowest BCUT2D eigenvalue weighted by atomic mass is 9.93. The molecule has 0 unspecified atom stereocenters. The van der Waals surface area contributed by atoms with E-state index in [4.69, 9.17) is 16.6 Å². The number of nitrogens with zero attached hydrogens (tertiary/aromatic N) is 4. The summed E-state index contributed by atoms with van der Waals surface area (Å²) in [5.74, 6) is -0.262. The van der Waals surface area contributed by atoms with Crippen LogP contribution in [0.4, 0.5) is 5.69 Å². The molecule has 3 rings (SSSR count). The van der Waals surface area contributed by atoms with Crippen molar-refractivity contribution < 1.29 is 21.9 Å². The number of primary sulfonamides is 1. The van der Waals surface area contributed by atoms with Crippen molar-refractivity contribution in [2.45, 2.75) is 28.7 Å². The largest absolute Gasteiger partial charge is 0.391 e. The van der Waals surface area contributed by atoms with Crippen LogP contribution in [0.2, 0.25) is 0 Å². The molecule has 2 heterocycles. The van der Waals surface area contributed by atoms with Crippen LogP contribution in [0.3, 0.4) is 0 Å². The number of piperidine rings is 1. The van der Waals surface area contributed by atoms with Gasteiger partial charge in [-0.2, -0.15) is 5.21 Å². The van der Waals surface area contributed by atoms with Gasteiger partial charge in [-0.1, -0.05) is 0 Å². The normalized spacial score (nSPS) is 19.9. The van der Waals surface area contributed by atoms with E-state index in [1.165, 1.54) is 6.07 Å². The van der Waals surface area contributed by atoms with Crippen LogP contribution in [0, 0.1) is 5.92 Å². The lowest BCUT2D eigenvalue weighted by Crippen LogP contribution is -2.46. The van der Waals surface area contributed by atoms with E-state index in [1.807, 2.05) is 0 Å². The van der Waals surface area contributed by atoms with Gasteiger partial charge in [-0.05, 0) is 43.3 Å². The monoisotopic (exact) mass is 489 g/mol. The molecule has 0 spiro atoms. The Morgan fingerprint density at radius 1 is 1.25 bits per heavy atom. The van der Waals surface area contributed by atoms with Gasteiger partial charge in [-0.15, -0.1) is 10.2 Å². The summed E-state index contributed by atoms with van der Waals surface area (Å²) in [6.07, 6.45) is 0.147. The van der Waals surface area contributed by atoms with Crippen LogP contribution in [0.1, 0.15) is 12.8 Å². The summed E-state index contributed by atoms with van der Waals surface area (Å²) in [6.45, 7) is 1.16. The maximum atomic E-state index is 12.9. The van der Waals surface area contributed by atoms with E-state index in [-0.39, 0.29) is 36.9 Å². The van der Waals surface area contributed by atoms with Crippen LogP contribution in [0.5, 0.6) is 0 Å². The summed E-state index contributed by atoms with van der Waals surface area (Å²) < 4.78 is 53.4. The average molecular weight is 490 g/mol. The lowest BCUT2D eigenvalue weighted by molar-refractivity contribution is 0.0974. The zero-order valence-corrected chi connectivity index (χ0v) is 18.8. The van der Waals surface area contributed by atoms with Crippen LogP contribution in [0.25, 0.3) is 11.4 Å². The molecule has 1 aliphatic heterocycles. The Morgan fingerprint density at radius 2 is 2.00 bits per heavy atom. The highest BCUT2D eigenvalue weighted by molar-refractivity contribution is 7.92. The van der Waals surface area contributed by atoms with Gasteiger partial charge in [0, 0.05) is 31.2 Å². The van der Waals surface area contributed by atoms with E-state index < -0.39 is 35.9 Å². The number of nitrogens with two attached hydrogens (primary N) is 3. The molecule has 2 atom stereocenters. The van der Waals surface area contributed by atoms with Crippen molar-refractivity contribution in [3.63, 3.8) is 0 Å². The Morgan fingerprint density at radius 3 is 2.56 bits per heavy atom. The molecule has 16 heteroatoms. The molecular weight excluding hydrogens is 462 g/mol. The standard InChI is InChI=1S/C16H27N9O5S2/c17-5-1-6-20-32(29,30)13-3-2-11(25-7-4-10(8-18)12(26)9-25)14(15(13)31(19,27)28)16-21-23-24-22-16/h2-3,10,12,20,26H,1,4-9,17-18H2,(H2,19,27,28)(H,21,22,23,24)/t10-,12-/m1/s1. The first-order valence-corrected chi connectivity index (χ1v) is 12.9. The van der Waals surface area contributed by atoms with Crippen molar-refractivity contribution in [3.8, 4) is 11.4 Å². The Balaban J connectivity index is 2.21. The van der Waals surface area contributed by atoms with E-state index in [0.717, 1.165) is 6.07 Å². The molecule has 0 amide bonds. The van der Waals surface area contributed by atoms with Gasteiger partial charge in [0.1, 0.15) is 9.79 Å². The highest BCUT2D eigenvalue weighted by Crippen LogP contribution is 2.39. The van der Waals surface area contributed by atoms with Gasteiger partial charge in [0.25, 0.3) is 0 Å². The first kappa shape index (κ1) is 24.4. The zero-order chi connectivity index (χ0) is 23.5. The van der Waals surface area contributed by atoms with Crippen molar-refractivity contribution in [2.24, 2.45) is 22.5 Å². The Kier molecular flexibility index (Phi) is 7.43. The summed E-state index contributed by atoms with van der Waals surface area (Å²) in [6, 6.07) is 2.60. The summed E-state index contributed by atoms with van der Waals surface area (Å²) in [5.41, 5.74) is 11.3. The highest BCUT2D eigenvalue weighted by Gasteiger charge is 2.35. The van der Waals surface area contributed by atoms with Crippen molar-refractivity contribution >= 4 is 25.7 Å². The molecular formula is C16H27N9O5S2. The predicted octanol–water partition coefficient (Wildman–Crippen LogP) is -2.71. The minimum absolute atomic E-state index is 0.0149. The van der Waals surface area contributed by atoms with Gasteiger partial charge < -0.3 is 21.5 Å². The van der Waals surface area contributed by atoms with Crippen molar-refractivity contribution in [1.82, 2.24) is 25.3 Å². The molecule has 0 saturated carbocycles. The molecule has 1 aromatic heterocycles. The third kappa shape index (κ3) is 5.06. The van der Waals surface area contributed by atoms with Crippen LogP contribution < -0.4 is 26.2 Å². The quantitative estimate of drug-likeness (QED) is 0.198. The van der Waals surface area contributed by atoms with Crippen molar-refractivity contribution in [3.05, 3.63) is 12.1 Å². The molecule has 1 aromatic carbocycles. The van der Waals surface area contributed by atoms with E-state index in [1.54, 1.807) is 4.90 Å². The van der Waals surface area contributed by atoms with Gasteiger partial charge in [-0.3, -0.25) is 0 Å². The highest BCUT2D eigenvalue weighted by atomic mass is 32.2. The number of aromatic amines is 1. The lowest BCUT2D eigenvalue weighted by Gasteiger charge is -2.37. The van der Waals surface area contributed by atoms with E-state index >= 15 is 0 Å². The number of anilines is 1. The number of sulfonamides is 2. The number of benzene rings is 1. The molecule has 32 heavy (non-hydrogen) atoms. The number of β-amino-alcohol motifs (C(OH)–C–C–N with tert-alkyl or cyclic N) is 1. The molecule has 0 radical (unpaired) electrons. The molecule has 1 aliphatic rings. The maximum absolute atomic E-state index is 12.9. The predicted molar refractivity (Wildman–Crippen MR) is 115 cm³/mol. The molecule has 14 nitrogen and oxygen atoms in total. The molecule has 178 valence electrons. The maximum Gasteiger partial charge on any atom is 0.241 e. The second kappa shape index (κ2) is 9.74. The fourth-order valence-corrected chi connectivity index (χ4v) is 6.32. The van der Waals surface area contributed by atoms with Crippen LogP contribution in [-0.4, -0.2) is 81.4 Å². The molecule has 1 saturated heterocycles. The first-order chi connectivity index (χ1) is 15.1. The number of nitrogens with one attached hydrogen (secondary N) is 2. The summed E-state index contributed by atoms with van der Waals surface area (Å²) in [5, 5.41) is 29.3. The smallest absolute Gasteiger partial charge is 0.241 e. The zero-order valence-electron chi connectivity index (χ0n) is 17.2. The van der Waals surface area contributed by atoms with Crippen molar-refractivity contribution in [2.75, 3.05) is 37.6 Å². The van der Waals surface area contributed by atoms with Gasteiger partial charge in [0.15, 0.2) is 0 Å². The molecule has 1 fully saturated rings. The number of rotatable bonds is 9. The van der Waals surface area contributed by atoms with E-state index in [0.29, 0.717) is 31.6 Å². The first-order valence-electron chi connectivity index (χ1n) is 9.86. The molecule has 0 bridgehead atoms. The van der Waals surface area contributed by atoms with Gasteiger partial charge in [-0.25, -0.2) is 26.7 Å². The SMILES string of the molecule is NCCCNS(=O)(=O)c1ccc(N2CC[C@H](CN)[C@H](O)C2)c(-c2nn[nH]n2)c1S(N)(=O)=O. The number of aliphatic hydroxyl groups excluding tert-OH is 1. The Hall–Kier alpha value is -2.21. The summed E-state index contributed by atoms with van der Waals surface area (Å²) in [4.78, 5) is 0.514. The molecule has 0 aliphatic carbocycles. The van der Waals surface area contributed by atoms with Gasteiger partial charge >= 0.3 is 0 Å². The van der Waals surface area contributed by atoms with Gasteiger partial charge in [0.05, 0.1) is 11.7 Å². The summed E-state index contributed by atoms with van der Waals surface area (Å²) >= 11 is 0. The van der Waals surface area contributed by atoms with Gasteiger partial charge in [0.2, 0.25) is 25.9 Å². The third-order valence-electron chi connectivity index (χ3n) is 5.28. The van der Waals surface area contributed by atoms with Crippen molar-refractivity contribution in [1.29, 1.82) is 0 Å². The van der Waals surface area contributed by atoms with E-state index in [2.05, 4.69) is 25.3 Å². The Labute approximate surface area is 185 Å². The molecule has 2 aromatic rings. The fourth-order valence-electron chi connectivity index (χ4n) is 3.65. The second-order valence-corrected chi connectivity index (χ2v) is 10.6. The summed E-state index contributed by atoms with van der Waals surface area (Å²) in [7, 11) is -8.83. The number of tetrazole rings is 1. The average Bonchev–Trinajstić information content (AvgIpc) is 3.26. The van der Waals surface area contributed by atoms with Crippen LogP contribution >= 0.6 is 0 Å². The third-order valence-corrected chi connectivity index (χ3v) is 7.91. The van der Waals surface area contributed by atoms with Crippen LogP contribution in [0.15, 0.2) is 21.9 Å². The Bertz CT molecular complexity index is 1140. The fraction of sp³-hybridized carbons (Fsp3) is 0.562. The minimum atomic E-state index is -4.57. The number of hydrogen-bond donors (Lipinski definition) is 6. The minimum Gasteiger partial charge on any atom is -0.391 e. The number of aliphatic hydroxyl groups is 1. The van der Waals surface area contributed by atoms with E-state index in [9.17, 15) is 21.9 Å². The number of hydrogen-bond acceptors (Lipinski definition) is 11. The number of aromatic nitrogens is 4.